The van der Waals surface area contributed by atoms with E-state index in [1.54, 1.807) is 0 Å². The first-order chi connectivity index (χ1) is 5.39. The van der Waals surface area contributed by atoms with Gasteiger partial charge in [0.25, 0.3) is 0 Å². The molecule has 0 atom stereocenters. The van der Waals surface area contributed by atoms with E-state index in [4.69, 9.17) is 11.6 Å². The van der Waals surface area contributed by atoms with Crippen LogP contribution in [0.3, 0.4) is 0 Å². The Hall–Kier alpha value is -0.220. The maximum atomic E-state index is 12.1. The van der Waals surface area contributed by atoms with E-state index in [0.29, 0.717) is 0 Å². The second kappa shape index (κ2) is 3.26. The van der Waals surface area contributed by atoms with Crippen LogP contribution in [-0.2, 0) is 6.18 Å². The van der Waals surface area contributed by atoms with Gasteiger partial charge >= 0.3 is 6.18 Å². The van der Waals surface area contributed by atoms with Gasteiger partial charge in [-0.1, -0.05) is 27.5 Å². The number of rotatable bonds is 0. The molecule has 0 aromatic heterocycles. The van der Waals surface area contributed by atoms with Crippen LogP contribution in [0.25, 0.3) is 0 Å². The third kappa shape index (κ3) is 2.38. The largest absolute Gasteiger partial charge is 0.416 e. The molecule has 1 aromatic rings. The Labute approximate surface area is 80.5 Å². The maximum Gasteiger partial charge on any atom is 0.416 e. The minimum absolute atomic E-state index is 0.0586. The van der Waals surface area contributed by atoms with Gasteiger partial charge in [0.15, 0.2) is 0 Å². The molecule has 0 aliphatic heterocycles. The van der Waals surface area contributed by atoms with Crippen LogP contribution in [0.5, 0.6) is 0 Å². The topological polar surface area (TPSA) is 0 Å². The highest BCUT2D eigenvalue weighted by Crippen LogP contribution is 2.32. The molecule has 1 radical (unpaired) electrons. The molecule has 12 heavy (non-hydrogen) atoms. The van der Waals surface area contributed by atoms with E-state index >= 15 is 0 Å². The van der Waals surface area contributed by atoms with Gasteiger partial charge in [-0.25, -0.2) is 0 Å². The summed E-state index contributed by atoms with van der Waals surface area (Å²) >= 11 is 8.24. The molecule has 65 valence electrons. The lowest BCUT2D eigenvalue weighted by Gasteiger charge is -2.06. The minimum Gasteiger partial charge on any atom is -0.166 e. The summed E-state index contributed by atoms with van der Waals surface area (Å²) in [5.41, 5.74) is -0.780. The van der Waals surface area contributed by atoms with E-state index in [9.17, 15) is 13.2 Å². The van der Waals surface area contributed by atoms with E-state index in [0.717, 1.165) is 12.1 Å². The van der Waals surface area contributed by atoms with Crippen molar-refractivity contribution in [3.05, 3.63) is 33.3 Å². The van der Waals surface area contributed by atoms with E-state index < -0.39 is 11.7 Å². The van der Waals surface area contributed by atoms with E-state index in [1.165, 1.54) is 0 Å². The summed E-state index contributed by atoms with van der Waals surface area (Å²) in [6.07, 6.45) is -4.36. The number of alkyl halides is 3. The van der Waals surface area contributed by atoms with E-state index in [2.05, 4.69) is 22.0 Å². The Bertz CT molecular complexity index is 275. The smallest absolute Gasteiger partial charge is 0.166 e. The molecule has 1 aromatic carbocycles. The molecule has 0 spiro atoms. The van der Waals surface area contributed by atoms with Crippen molar-refractivity contribution in [3.63, 3.8) is 0 Å². The van der Waals surface area contributed by atoms with Gasteiger partial charge in [-0.05, 0) is 12.1 Å². The molecule has 0 heterocycles. The SMILES string of the molecule is FC(F)(F)c1cc(Cl)[c]c(Br)c1. The van der Waals surface area contributed by atoms with Crippen molar-refractivity contribution in [3.8, 4) is 0 Å². The molecular weight excluding hydrogens is 256 g/mol. The van der Waals surface area contributed by atoms with Crippen LogP contribution < -0.4 is 0 Å². The molecule has 0 unspecified atom stereocenters. The summed E-state index contributed by atoms with van der Waals surface area (Å²) in [6, 6.07) is 4.21. The fourth-order valence-corrected chi connectivity index (χ4v) is 1.46. The van der Waals surface area contributed by atoms with Crippen LogP contribution in [0.1, 0.15) is 5.56 Å². The number of halogens is 5. The van der Waals surface area contributed by atoms with Gasteiger partial charge in [-0.3, -0.25) is 0 Å². The zero-order chi connectivity index (χ0) is 9.35. The van der Waals surface area contributed by atoms with Gasteiger partial charge < -0.3 is 0 Å². The summed E-state index contributed by atoms with van der Waals surface area (Å²) < 4.78 is 36.4. The summed E-state index contributed by atoms with van der Waals surface area (Å²) in [6.45, 7) is 0. The standard InChI is InChI=1S/C7H2BrClF3/c8-5-1-4(7(10,11)12)2-6(9)3-5/h1-2H. The van der Waals surface area contributed by atoms with Crippen molar-refractivity contribution in [2.45, 2.75) is 6.18 Å². The average molecular weight is 258 g/mol. The minimum atomic E-state index is -4.36. The molecule has 1 rings (SSSR count). The predicted molar refractivity (Wildman–Crippen MR) is 43.0 cm³/mol. The summed E-state index contributed by atoms with van der Waals surface area (Å²) in [5, 5.41) is -0.0586. The van der Waals surface area contributed by atoms with Crippen LogP contribution in [0, 0.1) is 6.07 Å². The molecule has 0 amide bonds. The fourth-order valence-electron chi connectivity index (χ4n) is 0.665. The number of hydrogen-bond donors (Lipinski definition) is 0. The Kier molecular flexibility index (Phi) is 2.68. The second-order valence-electron chi connectivity index (χ2n) is 2.06. The molecule has 0 saturated carbocycles. The van der Waals surface area contributed by atoms with Crippen LogP contribution in [0.4, 0.5) is 13.2 Å². The van der Waals surface area contributed by atoms with Gasteiger partial charge in [0.1, 0.15) is 0 Å². The highest BCUT2D eigenvalue weighted by atomic mass is 79.9. The first-order valence-corrected chi connectivity index (χ1v) is 4.02. The monoisotopic (exact) mass is 257 g/mol. The molecule has 0 N–H and O–H groups in total. The number of benzene rings is 1. The van der Waals surface area contributed by atoms with Gasteiger partial charge in [0, 0.05) is 10.5 Å². The molecule has 5 heteroatoms. The van der Waals surface area contributed by atoms with Crippen molar-refractivity contribution in [1.82, 2.24) is 0 Å². The van der Waals surface area contributed by atoms with E-state index in [1.807, 2.05) is 0 Å². The normalized spacial score (nSPS) is 11.8. The fraction of sp³-hybridized carbons (Fsp3) is 0.143. The lowest BCUT2D eigenvalue weighted by Crippen LogP contribution is -2.04. The molecule has 0 aliphatic rings. The molecule has 0 fully saturated rings. The quantitative estimate of drug-likeness (QED) is 0.661. The molecule has 0 bridgehead atoms. The Balaban J connectivity index is 3.18. The molecule has 0 aliphatic carbocycles. The van der Waals surface area contributed by atoms with Gasteiger partial charge in [0.2, 0.25) is 0 Å². The Morgan fingerprint density at radius 2 is 1.92 bits per heavy atom. The maximum absolute atomic E-state index is 12.1. The van der Waals surface area contributed by atoms with Crippen LogP contribution in [0.15, 0.2) is 16.6 Å². The first kappa shape index (κ1) is 9.86. The van der Waals surface area contributed by atoms with Crippen LogP contribution in [0.2, 0.25) is 5.02 Å². The van der Waals surface area contributed by atoms with Crippen molar-refractivity contribution in [2.24, 2.45) is 0 Å². The summed E-state index contributed by atoms with van der Waals surface area (Å²) in [7, 11) is 0. The Morgan fingerprint density at radius 3 is 2.33 bits per heavy atom. The predicted octanol–water partition coefficient (Wildman–Crippen LogP) is 3.92. The van der Waals surface area contributed by atoms with Crippen molar-refractivity contribution >= 4 is 27.5 Å². The van der Waals surface area contributed by atoms with E-state index in [-0.39, 0.29) is 9.50 Å². The van der Waals surface area contributed by atoms with Gasteiger partial charge in [0.05, 0.1) is 10.6 Å². The zero-order valence-electron chi connectivity index (χ0n) is 5.54. The third-order valence-electron chi connectivity index (χ3n) is 1.13. The number of hydrogen-bond acceptors (Lipinski definition) is 0. The first-order valence-electron chi connectivity index (χ1n) is 2.85. The zero-order valence-corrected chi connectivity index (χ0v) is 7.89. The average Bonchev–Trinajstić information content (AvgIpc) is 1.82. The lowest BCUT2D eigenvalue weighted by molar-refractivity contribution is -0.137. The Morgan fingerprint density at radius 1 is 1.33 bits per heavy atom. The third-order valence-corrected chi connectivity index (χ3v) is 1.76. The summed E-state index contributed by atoms with van der Waals surface area (Å²) in [5.74, 6) is 0. The highest BCUT2D eigenvalue weighted by molar-refractivity contribution is 9.10. The second-order valence-corrected chi connectivity index (χ2v) is 3.32. The molecule has 0 nitrogen and oxygen atoms in total. The molecule has 0 saturated heterocycles. The van der Waals surface area contributed by atoms with Crippen molar-refractivity contribution in [2.75, 3.05) is 0 Å². The lowest BCUT2D eigenvalue weighted by atomic mass is 10.2. The van der Waals surface area contributed by atoms with Crippen LogP contribution >= 0.6 is 27.5 Å². The van der Waals surface area contributed by atoms with Crippen molar-refractivity contribution in [1.29, 1.82) is 0 Å². The van der Waals surface area contributed by atoms with Gasteiger partial charge in [-0.15, -0.1) is 0 Å². The highest BCUT2D eigenvalue weighted by Gasteiger charge is 2.30. The van der Waals surface area contributed by atoms with Gasteiger partial charge in [-0.2, -0.15) is 13.2 Å². The van der Waals surface area contributed by atoms with Crippen molar-refractivity contribution < 1.29 is 13.2 Å². The summed E-state index contributed by atoms with van der Waals surface area (Å²) in [4.78, 5) is 0. The molecular formula is C7H2BrClF3. The van der Waals surface area contributed by atoms with Crippen LogP contribution in [-0.4, -0.2) is 0 Å².